The van der Waals surface area contributed by atoms with Crippen LogP contribution in [0.3, 0.4) is 0 Å². The number of unbranched alkanes of at least 4 members (excludes halogenated alkanes) is 1. The van der Waals surface area contributed by atoms with Crippen LogP contribution in [0.25, 0.3) is 0 Å². The van der Waals surface area contributed by atoms with Crippen molar-refractivity contribution in [3.63, 3.8) is 0 Å². The number of carbonyl (C=O) groups is 1. The molecule has 1 aliphatic rings. The average Bonchev–Trinajstić information content (AvgIpc) is 2.61. The molecular weight excluding hydrogens is 326 g/mol. The van der Waals surface area contributed by atoms with Gasteiger partial charge in [0.15, 0.2) is 0 Å². The summed E-state index contributed by atoms with van der Waals surface area (Å²) in [5.74, 6) is 0.676. The first-order valence-electron chi connectivity index (χ1n) is 10.1. The number of anilines is 1. The highest BCUT2D eigenvalue weighted by Gasteiger charge is 2.26. The fourth-order valence-corrected chi connectivity index (χ4v) is 3.43. The molecule has 0 bridgehead atoms. The van der Waals surface area contributed by atoms with Crippen molar-refractivity contribution in [1.82, 2.24) is 9.88 Å². The molecule has 2 heterocycles. The number of pyridine rings is 1. The Kier molecular flexibility index (Phi) is 7.44. The number of aromatic nitrogens is 1. The van der Waals surface area contributed by atoms with E-state index in [1.54, 1.807) is 4.90 Å². The van der Waals surface area contributed by atoms with Crippen LogP contribution in [0.2, 0.25) is 0 Å². The van der Waals surface area contributed by atoms with E-state index in [-0.39, 0.29) is 6.09 Å². The Balaban J connectivity index is 2.16. The van der Waals surface area contributed by atoms with Gasteiger partial charge in [-0.05, 0) is 64.8 Å². The Labute approximate surface area is 158 Å². The van der Waals surface area contributed by atoms with E-state index >= 15 is 0 Å². The molecular formula is C21H35N3O2. The van der Waals surface area contributed by atoms with Gasteiger partial charge in [-0.2, -0.15) is 0 Å². The minimum absolute atomic E-state index is 0.320. The number of ether oxygens (including phenoxy) is 1. The highest BCUT2D eigenvalue weighted by Crippen LogP contribution is 2.31. The van der Waals surface area contributed by atoms with Crippen LogP contribution in [0.15, 0.2) is 18.3 Å². The lowest BCUT2D eigenvalue weighted by Crippen LogP contribution is -2.38. The van der Waals surface area contributed by atoms with Crippen LogP contribution < -0.4 is 4.90 Å². The molecule has 5 nitrogen and oxygen atoms in total. The topological polar surface area (TPSA) is 45.7 Å². The van der Waals surface area contributed by atoms with Gasteiger partial charge < -0.3 is 4.74 Å². The zero-order valence-electron chi connectivity index (χ0n) is 17.1. The van der Waals surface area contributed by atoms with Gasteiger partial charge in [-0.1, -0.05) is 32.8 Å². The average molecular weight is 362 g/mol. The highest BCUT2D eigenvalue weighted by atomic mass is 16.6. The maximum absolute atomic E-state index is 12.6. The maximum Gasteiger partial charge on any atom is 0.416 e. The van der Waals surface area contributed by atoms with Gasteiger partial charge in [-0.15, -0.1) is 0 Å². The molecule has 0 unspecified atom stereocenters. The van der Waals surface area contributed by atoms with Crippen molar-refractivity contribution in [3.05, 3.63) is 23.9 Å². The van der Waals surface area contributed by atoms with Crippen LogP contribution in [-0.4, -0.2) is 41.2 Å². The molecule has 0 N–H and O–H groups in total. The first-order chi connectivity index (χ1) is 12.4. The molecule has 1 atom stereocenters. The number of hydrogen-bond donors (Lipinski definition) is 0. The summed E-state index contributed by atoms with van der Waals surface area (Å²) in [5.41, 5.74) is 0.737. The van der Waals surface area contributed by atoms with Crippen molar-refractivity contribution < 1.29 is 9.53 Å². The number of piperidine rings is 1. The third kappa shape index (κ3) is 5.70. The lowest BCUT2D eigenvalue weighted by Gasteiger charge is -2.35. The Morgan fingerprint density at radius 3 is 2.65 bits per heavy atom. The molecule has 1 fully saturated rings. The predicted molar refractivity (Wildman–Crippen MR) is 107 cm³/mol. The number of hydrogen-bond acceptors (Lipinski definition) is 4. The van der Waals surface area contributed by atoms with Gasteiger partial charge in [-0.25, -0.2) is 9.78 Å². The lowest BCUT2D eigenvalue weighted by atomic mass is 9.96. The van der Waals surface area contributed by atoms with E-state index < -0.39 is 5.60 Å². The summed E-state index contributed by atoms with van der Waals surface area (Å²) in [7, 11) is 0. The fraction of sp³-hybridized carbons (Fsp3) is 0.714. The van der Waals surface area contributed by atoms with Crippen molar-refractivity contribution in [2.24, 2.45) is 0 Å². The molecule has 146 valence electrons. The summed E-state index contributed by atoms with van der Waals surface area (Å²) in [4.78, 5) is 21.4. The van der Waals surface area contributed by atoms with Gasteiger partial charge in [0.05, 0.1) is 0 Å². The minimum atomic E-state index is -0.509. The van der Waals surface area contributed by atoms with Crippen LogP contribution in [-0.2, 0) is 4.74 Å². The van der Waals surface area contributed by atoms with Crippen LogP contribution in [0.1, 0.15) is 78.3 Å². The normalized spacial score (nSPS) is 18.6. The van der Waals surface area contributed by atoms with Crippen molar-refractivity contribution >= 4 is 11.9 Å². The summed E-state index contributed by atoms with van der Waals surface area (Å²) in [5, 5.41) is 0. The number of amides is 1. The van der Waals surface area contributed by atoms with E-state index in [1.165, 1.54) is 24.8 Å². The molecule has 1 amide bonds. The molecule has 1 saturated heterocycles. The first kappa shape index (κ1) is 20.7. The van der Waals surface area contributed by atoms with Crippen molar-refractivity contribution in [2.45, 2.75) is 78.4 Å². The van der Waals surface area contributed by atoms with E-state index in [1.807, 2.05) is 33.0 Å². The van der Waals surface area contributed by atoms with Crippen molar-refractivity contribution in [1.29, 1.82) is 0 Å². The summed E-state index contributed by atoms with van der Waals surface area (Å²) < 4.78 is 5.57. The lowest BCUT2D eigenvalue weighted by molar-refractivity contribution is 0.0578. The Hall–Kier alpha value is -1.62. The first-order valence-corrected chi connectivity index (χ1v) is 10.1. The van der Waals surface area contributed by atoms with E-state index in [2.05, 4.69) is 29.8 Å². The van der Waals surface area contributed by atoms with Crippen molar-refractivity contribution in [3.8, 4) is 0 Å². The van der Waals surface area contributed by atoms with Gasteiger partial charge in [-0.3, -0.25) is 9.80 Å². The summed E-state index contributed by atoms with van der Waals surface area (Å²) in [6.07, 6.45) is 7.29. The van der Waals surface area contributed by atoms with Crippen LogP contribution in [0.4, 0.5) is 10.6 Å². The molecule has 0 aliphatic carbocycles. The van der Waals surface area contributed by atoms with Gasteiger partial charge in [0.2, 0.25) is 0 Å². The SMILES string of the molecule is CCCCN(C(=O)OC(C)(C)C)c1ccc([C@@H]2CCCCN2CC)cn1. The highest BCUT2D eigenvalue weighted by molar-refractivity contribution is 5.86. The largest absolute Gasteiger partial charge is 0.443 e. The van der Waals surface area contributed by atoms with Gasteiger partial charge >= 0.3 is 6.09 Å². The van der Waals surface area contributed by atoms with Crippen LogP contribution in [0, 0.1) is 0 Å². The molecule has 1 aromatic heterocycles. The minimum Gasteiger partial charge on any atom is -0.443 e. The molecule has 0 spiro atoms. The molecule has 0 aromatic carbocycles. The molecule has 26 heavy (non-hydrogen) atoms. The number of carbonyl (C=O) groups excluding carboxylic acids is 1. The molecule has 2 rings (SSSR count). The molecule has 1 aromatic rings. The zero-order chi connectivity index (χ0) is 19.2. The third-order valence-electron chi connectivity index (χ3n) is 4.80. The Bertz CT molecular complexity index is 566. The monoisotopic (exact) mass is 361 g/mol. The Morgan fingerprint density at radius 2 is 2.08 bits per heavy atom. The van der Waals surface area contributed by atoms with E-state index in [0.29, 0.717) is 18.4 Å². The number of nitrogens with zero attached hydrogens (tertiary/aromatic N) is 3. The summed E-state index contributed by atoms with van der Waals surface area (Å²) >= 11 is 0. The van der Waals surface area contributed by atoms with E-state index in [0.717, 1.165) is 25.9 Å². The fourth-order valence-electron chi connectivity index (χ4n) is 3.43. The van der Waals surface area contributed by atoms with Crippen molar-refractivity contribution in [2.75, 3.05) is 24.5 Å². The summed E-state index contributed by atoms with van der Waals surface area (Å²) in [6, 6.07) is 4.54. The number of rotatable bonds is 6. The molecule has 1 aliphatic heterocycles. The van der Waals surface area contributed by atoms with Crippen LogP contribution in [0.5, 0.6) is 0 Å². The second kappa shape index (κ2) is 9.36. The number of likely N-dealkylation sites (tertiary alicyclic amines) is 1. The molecule has 0 radical (unpaired) electrons. The molecule has 0 saturated carbocycles. The quantitative estimate of drug-likeness (QED) is 0.701. The van der Waals surface area contributed by atoms with Crippen LogP contribution >= 0.6 is 0 Å². The van der Waals surface area contributed by atoms with E-state index in [4.69, 9.17) is 4.74 Å². The second-order valence-electron chi connectivity index (χ2n) is 8.08. The second-order valence-corrected chi connectivity index (χ2v) is 8.08. The Morgan fingerprint density at radius 1 is 1.31 bits per heavy atom. The standard InChI is InChI=1S/C21H35N3O2/c1-6-8-15-24(20(25)26-21(3,4)5)19-13-12-17(16-22-19)18-11-9-10-14-23(18)7-2/h12-13,16,18H,6-11,14-15H2,1-5H3/t18-/m0/s1. The van der Waals surface area contributed by atoms with Gasteiger partial charge in [0, 0.05) is 18.8 Å². The third-order valence-corrected chi connectivity index (χ3v) is 4.80. The molecule has 5 heteroatoms. The van der Waals surface area contributed by atoms with Gasteiger partial charge in [0.1, 0.15) is 11.4 Å². The van der Waals surface area contributed by atoms with Gasteiger partial charge in [0.25, 0.3) is 0 Å². The zero-order valence-corrected chi connectivity index (χ0v) is 17.1. The maximum atomic E-state index is 12.6. The summed E-state index contributed by atoms with van der Waals surface area (Å²) in [6.45, 7) is 12.9. The van der Waals surface area contributed by atoms with E-state index in [9.17, 15) is 4.79 Å². The smallest absolute Gasteiger partial charge is 0.416 e. The predicted octanol–water partition coefficient (Wildman–Crippen LogP) is 5.17.